The van der Waals surface area contributed by atoms with Crippen LogP contribution >= 0.6 is 0 Å². The maximum Gasteiger partial charge on any atom is 0.411 e. The van der Waals surface area contributed by atoms with Crippen LogP contribution in [0.5, 0.6) is 11.5 Å². The molecule has 1 fully saturated rings. The number of rotatable bonds is 5. The van der Waals surface area contributed by atoms with Crippen LogP contribution < -0.4 is 14.4 Å². The van der Waals surface area contributed by atoms with Gasteiger partial charge in [0, 0.05) is 48.8 Å². The average Bonchev–Trinajstić information content (AvgIpc) is 3.46. The summed E-state index contributed by atoms with van der Waals surface area (Å²) in [6, 6.07) is 12.8. The zero-order chi connectivity index (χ0) is 27.2. The Morgan fingerprint density at radius 2 is 1.89 bits per heavy atom. The van der Waals surface area contributed by atoms with Gasteiger partial charge in [0.2, 0.25) is 0 Å². The third-order valence-corrected chi connectivity index (χ3v) is 6.95. The van der Waals surface area contributed by atoms with E-state index in [1.54, 1.807) is 27.9 Å². The van der Waals surface area contributed by atoms with Crippen LogP contribution in [0.1, 0.15) is 32.8 Å². The van der Waals surface area contributed by atoms with E-state index in [1.165, 1.54) is 16.2 Å². The zero-order valence-electron chi connectivity index (χ0n) is 22.4. The third kappa shape index (κ3) is 5.05. The lowest BCUT2D eigenvalue weighted by Gasteiger charge is -2.26. The van der Waals surface area contributed by atoms with Crippen molar-refractivity contribution >= 4 is 28.7 Å². The highest BCUT2D eigenvalue weighted by Crippen LogP contribution is 2.37. The first-order valence-electron chi connectivity index (χ1n) is 12.7. The minimum absolute atomic E-state index is 0.104. The molecule has 0 bridgehead atoms. The fourth-order valence-corrected chi connectivity index (χ4v) is 5.09. The highest BCUT2D eigenvalue weighted by atomic mass is 16.6. The van der Waals surface area contributed by atoms with E-state index in [4.69, 9.17) is 19.2 Å². The molecule has 38 heavy (non-hydrogen) atoms. The van der Waals surface area contributed by atoms with Gasteiger partial charge in [0.15, 0.2) is 0 Å². The van der Waals surface area contributed by atoms with Gasteiger partial charge in [0.05, 0.1) is 24.9 Å². The number of aliphatic carboxylic acids is 1. The van der Waals surface area contributed by atoms with E-state index in [0.717, 1.165) is 29.6 Å². The summed E-state index contributed by atoms with van der Waals surface area (Å²) in [5.74, 6) is 0.159. The summed E-state index contributed by atoms with van der Waals surface area (Å²) < 4.78 is 17.3. The highest BCUT2D eigenvalue weighted by molar-refractivity contribution is 5.89. The van der Waals surface area contributed by atoms with Crippen molar-refractivity contribution in [1.29, 1.82) is 0 Å². The predicted molar refractivity (Wildman–Crippen MR) is 144 cm³/mol. The molecule has 2 atom stereocenters. The molecule has 0 aliphatic carbocycles. The number of methoxy groups -OCH3 is 1. The molecule has 1 aromatic heterocycles. The number of hydrogen-bond acceptors (Lipinski definition) is 7. The molecular weight excluding hydrogens is 486 g/mol. The number of likely N-dealkylation sites (N-methyl/N-ethyl adjacent to an activating group) is 1. The molecule has 0 unspecified atom stereocenters. The molecule has 9 nitrogen and oxygen atoms in total. The van der Waals surface area contributed by atoms with Crippen LogP contribution in [0.3, 0.4) is 0 Å². The molecule has 9 heteroatoms. The molecule has 2 aromatic carbocycles. The van der Waals surface area contributed by atoms with Gasteiger partial charge in [-0.25, -0.2) is 14.6 Å². The van der Waals surface area contributed by atoms with Crippen molar-refractivity contribution in [2.24, 2.45) is 0 Å². The van der Waals surface area contributed by atoms with Gasteiger partial charge in [0.1, 0.15) is 29.2 Å². The molecule has 1 saturated heterocycles. The zero-order valence-corrected chi connectivity index (χ0v) is 22.4. The molecule has 200 valence electrons. The Labute approximate surface area is 221 Å². The van der Waals surface area contributed by atoms with Crippen LogP contribution in [0.25, 0.3) is 22.2 Å². The predicted octanol–water partition coefficient (Wildman–Crippen LogP) is 4.74. The van der Waals surface area contributed by atoms with Gasteiger partial charge in [-0.1, -0.05) is 6.07 Å². The van der Waals surface area contributed by atoms with Gasteiger partial charge in [-0.15, -0.1) is 0 Å². The van der Waals surface area contributed by atoms with Crippen molar-refractivity contribution in [2.75, 3.05) is 32.1 Å². The second-order valence-electron chi connectivity index (χ2n) is 10.9. The first-order valence-corrected chi connectivity index (χ1v) is 12.7. The van der Waals surface area contributed by atoms with E-state index in [1.807, 2.05) is 24.3 Å². The minimum atomic E-state index is -1.09. The summed E-state index contributed by atoms with van der Waals surface area (Å²) in [5, 5.41) is 10.6. The molecule has 5 rings (SSSR count). The molecule has 0 radical (unpaired) electrons. The maximum atomic E-state index is 12.8. The van der Waals surface area contributed by atoms with Gasteiger partial charge in [-0.3, -0.25) is 4.90 Å². The largest absolute Gasteiger partial charge is 0.497 e. The number of likely N-dealkylation sites (tertiary alicyclic amines) is 1. The number of carboxylic acids is 1. The lowest BCUT2D eigenvalue weighted by molar-refractivity contribution is -0.142. The van der Waals surface area contributed by atoms with Crippen LogP contribution in [0.4, 0.5) is 10.5 Å². The summed E-state index contributed by atoms with van der Waals surface area (Å²) in [6.45, 7) is 6.34. The summed E-state index contributed by atoms with van der Waals surface area (Å²) in [7, 11) is 3.69. The van der Waals surface area contributed by atoms with Crippen molar-refractivity contribution in [3.8, 4) is 22.8 Å². The number of hydrogen-bond donors (Lipinski definition) is 1. The van der Waals surface area contributed by atoms with Crippen molar-refractivity contribution < 1.29 is 28.9 Å². The smallest absolute Gasteiger partial charge is 0.411 e. The first-order chi connectivity index (χ1) is 18.0. The van der Waals surface area contributed by atoms with Crippen LogP contribution in [-0.2, 0) is 16.0 Å². The number of ether oxygens (including phenoxy) is 3. The fraction of sp³-hybridized carbons (Fsp3) is 0.414. The monoisotopic (exact) mass is 519 g/mol. The van der Waals surface area contributed by atoms with Gasteiger partial charge in [0.25, 0.3) is 0 Å². The second-order valence-corrected chi connectivity index (χ2v) is 10.9. The van der Waals surface area contributed by atoms with E-state index >= 15 is 0 Å². The Balaban J connectivity index is 1.50. The summed E-state index contributed by atoms with van der Waals surface area (Å²) in [5.41, 5.74) is 4.17. The molecular formula is C29H33N3O6. The number of amides is 1. The standard InChI is InChI=1S/C29H33N3O6/c1-29(2,3)38-28(35)32-16-20(14-25(32)27(33)34)37-26-15-22(30-23-13-19(36-5)7-8-21(23)26)17-6-9-24-18(12-17)10-11-31(24)4/h6-9,12-13,15,20,25H,10-11,14,16H2,1-5H3,(H,33,34)/t20-,25+/m1/s1. The summed E-state index contributed by atoms with van der Waals surface area (Å²) >= 11 is 0. The van der Waals surface area contributed by atoms with E-state index in [2.05, 4.69) is 30.1 Å². The number of carboxylic acid groups (broad SMARTS) is 1. The van der Waals surface area contributed by atoms with Gasteiger partial charge in [-0.05, 0) is 57.0 Å². The Morgan fingerprint density at radius 3 is 2.61 bits per heavy atom. The van der Waals surface area contributed by atoms with Crippen LogP contribution in [0.2, 0.25) is 0 Å². The topological polar surface area (TPSA) is 101 Å². The Morgan fingerprint density at radius 1 is 1.11 bits per heavy atom. The number of nitrogens with zero attached hydrogens (tertiary/aromatic N) is 3. The molecule has 3 heterocycles. The van der Waals surface area contributed by atoms with Crippen LogP contribution in [0.15, 0.2) is 42.5 Å². The third-order valence-electron chi connectivity index (χ3n) is 6.95. The quantitative estimate of drug-likeness (QED) is 0.516. The SMILES string of the molecule is COc1ccc2c(O[C@@H]3C[C@@H](C(=O)O)N(C(=O)OC(C)(C)C)C3)cc(-c3ccc4c(c3)CCN4C)nc2c1. The highest BCUT2D eigenvalue weighted by Gasteiger charge is 2.43. The summed E-state index contributed by atoms with van der Waals surface area (Å²) in [4.78, 5) is 33.1. The number of aromatic nitrogens is 1. The number of pyridine rings is 1. The minimum Gasteiger partial charge on any atom is -0.497 e. The van der Waals surface area contributed by atoms with E-state index in [9.17, 15) is 14.7 Å². The molecule has 2 aliphatic heterocycles. The molecule has 3 aromatic rings. The Kier molecular flexibility index (Phi) is 6.54. The lowest BCUT2D eigenvalue weighted by Crippen LogP contribution is -2.43. The lowest BCUT2D eigenvalue weighted by atomic mass is 10.0. The fourth-order valence-electron chi connectivity index (χ4n) is 5.09. The Bertz CT molecular complexity index is 1400. The first kappa shape index (κ1) is 25.6. The van der Waals surface area contributed by atoms with E-state index < -0.39 is 29.8 Å². The van der Waals surface area contributed by atoms with Crippen molar-refractivity contribution in [3.63, 3.8) is 0 Å². The number of fused-ring (bicyclic) bond motifs is 2. The van der Waals surface area contributed by atoms with Crippen molar-refractivity contribution in [2.45, 2.75) is 51.4 Å². The van der Waals surface area contributed by atoms with Crippen molar-refractivity contribution in [3.05, 3.63) is 48.0 Å². The maximum absolute atomic E-state index is 12.8. The number of benzene rings is 2. The van der Waals surface area contributed by atoms with Gasteiger partial charge in [-0.2, -0.15) is 0 Å². The van der Waals surface area contributed by atoms with Crippen LogP contribution in [-0.4, -0.2) is 72.0 Å². The number of anilines is 1. The molecule has 1 N–H and O–H groups in total. The van der Waals surface area contributed by atoms with Crippen LogP contribution in [0, 0.1) is 0 Å². The number of carbonyl (C=O) groups is 2. The van der Waals surface area contributed by atoms with E-state index in [-0.39, 0.29) is 13.0 Å². The summed E-state index contributed by atoms with van der Waals surface area (Å²) in [6.07, 6.45) is -0.0690. The number of carbonyl (C=O) groups excluding carboxylic acids is 1. The average molecular weight is 520 g/mol. The van der Waals surface area contributed by atoms with Crippen molar-refractivity contribution in [1.82, 2.24) is 9.88 Å². The molecule has 2 aliphatic rings. The molecule has 0 spiro atoms. The van der Waals surface area contributed by atoms with Gasteiger partial charge < -0.3 is 24.2 Å². The normalized spacial score (nSPS) is 19.0. The van der Waals surface area contributed by atoms with Gasteiger partial charge >= 0.3 is 12.1 Å². The molecule has 1 amide bonds. The Hall–Kier alpha value is -4.01. The molecule has 0 saturated carbocycles. The van der Waals surface area contributed by atoms with E-state index in [0.29, 0.717) is 17.0 Å². The second kappa shape index (κ2) is 9.70.